The van der Waals surface area contributed by atoms with Gasteiger partial charge in [-0.1, -0.05) is 11.6 Å². The fraction of sp³-hybridized carbons (Fsp3) is 0.333. The molecule has 1 aromatic heterocycles. The summed E-state index contributed by atoms with van der Waals surface area (Å²) in [5.74, 6) is 0. The summed E-state index contributed by atoms with van der Waals surface area (Å²) in [6.07, 6.45) is 3.50. The molecule has 5 nitrogen and oxygen atoms in total. The summed E-state index contributed by atoms with van der Waals surface area (Å²) < 4.78 is 1.99. The monoisotopic (exact) mass is 306 g/mol. The second kappa shape index (κ2) is 6.63. The van der Waals surface area contributed by atoms with Crippen LogP contribution in [0.3, 0.4) is 0 Å². The van der Waals surface area contributed by atoms with E-state index in [1.165, 1.54) is 0 Å². The first kappa shape index (κ1) is 15.4. The number of hydrogen-bond acceptors (Lipinski definition) is 2. The SMILES string of the molecule is CCn1cncc1CNC(=O)Nc1c(C)cc(Cl)cc1C. The lowest BCUT2D eigenvalue weighted by Crippen LogP contribution is -2.29. The third-order valence-electron chi connectivity index (χ3n) is 3.31. The topological polar surface area (TPSA) is 59.0 Å². The summed E-state index contributed by atoms with van der Waals surface area (Å²) in [7, 11) is 0. The van der Waals surface area contributed by atoms with Gasteiger partial charge in [-0.25, -0.2) is 9.78 Å². The van der Waals surface area contributed by atoms with Crippen molar-refractivity contribution in [1.82, 2.24) is 14.9 Å². The molecule has 0 unspecified atom stereocenters. The molecule has 2 aromatic rings. The zero-order valence-corrected chi connectivity index (χ0v) is 13.2. The molecule has 2 N–H and O–H groups in total. The van der Waals surface area contributed by atoms with E-state index < -0.39 is 0 Å². The van der Waals surface area contributed by atoms with Gasteiger partial charge < -0.3 is 15.2 Å². The van der Waals surface area contributed by atoms with Crippen LogP contribution in [0.4, 0.5) is 10.5 Å². The van der Waals surface area contributed by atoms with Crippen molar-refractivity contribution >= 4 is 23.3 Å². The third kappa shape index (κ3) is 3.76. The fourth-order valence-corrected chi connectivity index (χ4v) is 2.54. The van der Waals surface area contributed by atoms with Crippen LogP contribution >= 0.6 is 11.6 Å². The number of hydrogen-bond donors (Lipinski definition) is 2. The minimum atomic E-state index is -0.243. The van der Waals surface area contributed by atoms with Gasteiger partial charge in [-0.2, -0.15) is 0 Å². The molecule has 2 rings (SSSR count). The number of nitrogens with zero attached hydrogens (tertiary/aromatic N) is 2. The van der Waals surface area contributed by atoms with Gasteiger partial charge in [0, 0.05) is 23.5 Å². The van der Waals surface area contributed by atoms with Gasteiger partial charge in [-0.15, -0.1) is 0 Å². The Morgan fingerprint density at radius 3 is 2.62 bits per heavy atom. The molecule has 0 atom stereocenters. The number of amides is 2. The molecule has 1 heterocycles. The zero-order chi connectivity index (χ0) is 15.4. The van der Waals surface area contributed by atoms with Crippen molar-refractivity contribution < 1.29 is 4.79 Å². The van der Waals surface area contributed by atoms with E-state index in [1.54, 1.807) is 12.5 Å². The number of anilines is 1. The highest BCUT2D eigenvalue weighted by Gasteiger charge is 2.09. The van der Waals surface area contributed by atoms with Gasteiger partial charge in [-0.05, 0) is 44.0 Å². The number of carbonyl (C=O) groups excluding carboxylic acids is 1. The Balaban J connectivity index is 1.99. The van der Waals surface area contributed by atoms with E-state index in [0.717, 1.165) is 29.1 Å². The van der Waals surface area contributed by atoms with Crippen LogP contribution in [0.25, 0.3) is 0 Å². The van der Waals surface area contributed by atoms with Crippen molar-refractivity contribution in [3.05, 3.63) is 46.5 Å². The van der Waals surface area contributed by atoms with Crippen LogP contribution in [-0.4, -0.2) is 15.6 Å². The molecule has 6 heteroatoms. The van der Waals surface area contributed by atoms with E-state index in [0.29, 0.717) is 11.6 Å². The Hall–Kier alpha value is -2.01. The molecule has 0 radical (unpaired) electrons. The number of nitrogens with one attached hydrogen (secondary N) is 2. The molecule has 0 aliphatic heterocycles. The molecule has 2 amide bonds. The molecular weight excluding hydrogens is 288 g/mol. The first-order chi connectivity index (χ1) is 10.0. The minimum absolute atomic E-state index is 0.243. The third-order valence-corrected chi connectivity index (χ3v) is 3.52. The highest BCUT2D eigenvalue weighted by molar-refractivity contribution is 6.30. The van der Waals surface area contributed by atoms with Crippen LogP contribution in [0.15, 0.2) is 24.7 Å². The maximum atomic E-state index is 12.0. The summed E-state index contributed by atoms with van der Waals surface area (Å²) in [5, 5.41) is 6.37. The zero-order valence-electron chi connectivity index (χ0n) is 12.4. The van der Waals surface area contributed by atoms with Crippen LogP contribution in [-0.2, 0) is 13.1 Å². The van der Waals surface area contributed by atoms with E-state index in [-0.39, 0.29) is 6.03 Å². The Labute approximate surface area is 129 Å². The largest absolute Gasteiger partial charge is 0.333 e. The predicted molar refractivity (Wildman–Crippen MR) is 84.7 cm³/mol. The molecule has 0 aliphatic carbocycles. The van der Waals surface area contributed by atoms with Gasteiger partial charge in [-0.3, -0.25) is 0 Å². The highest BCUT2D eigenvalue weighted by Crippen LogP contribution is 2.24. The Bertz CT molecular complexity index is 628. The van der Waals surface area contributed by atoms with Gasteiger partial charge in [0.15, 0.2) is 0 Å². The lowest BCUT2D eigenvalue weighted by atomic mass is 10.1. The quantitative estimate of drug-likeness (QED) is 0.908. The van der Waals surface area contributed by atoms with Gasteiger partial charge in [0.25, 0.3) is 0 Å². The van der Waals surface area contributed by atoms with Crippen LogP contribution in [0.1, 0.15) is 23.7 Å². The number of carbonyl (C=O) groups is 1. The molecular formula is C15H19ClN4O. The first-order valence-electron chi connectivity index (χ1n) is 6.82. The van der Waals surface area contributed by atoms with Crippen molar-refractivity contribution in [3.8, 4) is 0 Å². The van der Waals surface area contributed by atoms with Crippen molar-refractivity contribution in [3.63, 3.8) is 0 Å². The van der Waals surface area contributed by atoms with E-state index in [1.807, 2.05) is 37.5 Å². The number of urea groups is 1. The van der Waals surface area contributed by atoms with Crippen LogP contribution < -0.4 is 10.6 Å². The lowest BCUT2D eigenvalue weighted by molar-refractivity contribution is 0.251. The highest BCUT2D eigenvalue weighted by atomic mass is 35.5. The first-order valence-corrected chi connectivity index (χ1v) is 7.19. The fourth-order valence-electron chi connectivity index (χ4n) is 2.22. The molecule has 1 aromatic carbocycles. The van der Waals surface area contributed by atoms with Gasteiger partial charge in [0.1, 0.15) is 0 Å². The van der Waals surface area contributed by atoms with E-state index in [4.69, 9.17) is 11.6 Å². The van der Waals surface area contributed by atoms with Crippen molar-refractivity contribution in [2.24, 2.45) is 0 Å². The maximum Gasteiger partial charge on any atom is 0.319 e. The second-order valence-corrected chi connectivity index (χ2v) is 5.33. The Kier molecular flexibility index (Phi) is 4.85. The molecule has 0 bridgehead atoms. The average molecular weight is 307 g/mol. The van der Waals surface area contributed by atoms with E-state index in [2.05, 4.69) is 15.6 Å². The smallest absolute Gasteiger partial charge is 0.319 e. The molecule has 112 valence electrons. The standard InChI is InChI=1S/C15H19ClN4O/c1-4-20-9-17-7-13(20)8-18-15(21)19-14-10(2)5-12(16)6-11(14)3/h5-7,9H,4,8H2,1-3H3,(H2,18,19,21). The molecule has 0 saturated heterocycles. The van der Waals surface area contributed by atoms with Crippen molar-refractivity contribution in [2.45, 2.75) is 33.9 Å². The van der Waals surface area contributed by atoms with E-state index in [9.17, 15) is 4.79 Å². The van der Waals surface area contributed by atoms with Crippen molar-refractivity contribution in [2.75, 3.05) is 5.32 Å². The lowest BCUT2D eigenvalue weighted by Gasteiger charge is -2.13. The second-order valence-electron chi connectivity index (χ2n) is 4.89. The van der Waals surface area contributed by atoms with Gasteiger partial charge >= 0.3 is 6.03 Å². The summed E-state index contributed by atoms with van der Waals surface area (Å²) in [6.45, 7) is 7.13. The predicted octanol–water partition coefficient (Wildman–Crippen LogP) is 3.49. The van der Waals surface area contributed by atoms with Crippen LogP contribution in [0, 0.1) is 13.8 Å². The number of rotatable bonds is 4. The molecule has 21 heavy (non-hydrogen) atoms. The maximum absolute atomic E-state index is 12.0. The average Bonchev–Trinajstić information content (AvgIpc) is 2.88. The molecule has 0 spiro atoms. The number of aryl methyl sites for hydroxylation is 3. The van der Waals surface area contributed by atoms with Crippen molar-refractivity contribution in [1.29, 1.82) is 0 Å². The number of imidazole rings is 1. The molecule has 0 saturated carbocycles. The molecule has 0 aliphatic rings. The Morgan fingerprint density at radius 2 is 2.00 bits per heavy atom. The summed E-state index contributed by atoms with van der Waals surface area (Å²) in [6, 6.07) is 3.42. The van der Waals surface area contributed by atoms with Gasteiger partial charge in [0.2, 0.25) is 0 Å². The Morgan fingerprint density at radius 1 is 1.33 bits per heavy atom. The summed E-state index contributed by atoms with van der Waals surface area (Å²) in [4.78, 5) is 16.1. The molecule has 0 fully saturated rings. The normalized spacial score (nSPS) is 10.5. The van der Waals surface area contributed by atoms with Gasteiger partial charge in [0.05, 0.1) is 18.6 Å². The summed E-state index contributed by atoms with van der Waals surface area (Å²) in [5.41, 5.74) is 3.64. The minimum Gasteiger partial charge on any atom is -0.333 e. The summed E-state index contributed by atoms with van der Waals surface area (Å²) >= 11 is 5.98. The van der Waals surface area contributed by atoms with Crippen LogP contribution in [0.5, 0.6) is 0 Å². The number of halogens is 1. The van der Waals surface area contributed by atoms with E-state index >= 15 is 0 Å². The number of benzene rings is 1. The van der Waals surface area contributed by atoms with Crippen LogP contribution in [0.2, 0.25) is 5.02 Å². The number of aromatic nitrogens is 2.